The molecule has 1 saturated carbocycles. The van der Waals surface area contributed by atoms with Gasteiger partial charge in [0.25, 0.3) is 0 Å². The third-order valence-electron chi connectivity index (χ3n) is 5.80. The molecule has 5 heteroatoms. The number of ether oxygens (including phenoxy) is 3. The molecule has 0 N–H and O–H groups in total. The molecule has 140 valence electrons. The Morgan fingerprint density at radius 2 is 1.60 bits per heavy atom. The summed E-state index contributed by atoms with van der Waals surface area (Å²) in [5, 5.41) is 0. The van der Waals surface area contributed by atoms with Crippen molar-refractivity contribution < 1.29 is 23.0 Å². The van der Waals surface area contributed by atoms with Crippen LogP contribution in [0.3, 0.4) is 0 Å². The Morgan fingerprint density at radius 3 is 2.24 bits per heavy atom. The van der Waals surface area contributed by atoms with Crippen molar-refractivity contribution in [3.63, 3.8) is 0 Å². The van der Waals surface area contributed by atoms with Gasteiger partial charge < -0.3 is 14.2 Å². The molecule has 3 rings (SSSR count). The normalized spacial score (nSPS) is 30.1. The topological polar surface area (TPSA) is 27.7 Å². The molecule has 1 aromatic carbocycles. The molecule has 0 bridgehead atoms. The van der Waals surface area contributed by atoms with Gasteiger partial charge >= 0.3 is 0 Å². The predicted molar refractivity (Wildman–Crippen MR) is 92.0 cm³/mol. The predicted octanol–water partition coefficient (Wildman–Crippen LogP) is 4.97. The van der Waals surface area contributed by atoms with E-state index >= 15 is 0 Å². The summed E-state index contributed by atoms with van der Waals surface area (Å²) < 4.78 is 43.8. The lowest BCUT2D eigenvalue weighted by atomic mass is 9.74. The van der Waals surface area contributed by atoms with Crippen LogP contribution in [-0.4, -0.2) is 26.4 Å². The summed E-state index contributed by atoms with van der Waals surface area (Å²) in [6.07, 6.45) is 7.35. The van der Waals surface area contributed by atoms with Gasteiger partial charge in [0.05, 0.1) is 26.4 Å². The maximum Gasteiger partial charge on any atom is 0.204 e. The molecule has 0 radical (unpaired) electrons. The third kappa shape index (κ3) is 4.43. The first-order valence-corrected chi connectivity index (χ1v) is 9.34. The van der Waals surface area contributed by atoms with E-state index in [1.807, 2.05) is 0 Å². The highest BCUT2D eigenvalue weighted by Gasteiger charge is 2.30. The van der Waals surface area contributed by atoms with Crippen LogP contribution in [-0.2, 0) is 4.74 Å². The molecular formula is C20H28F2O3. The maximum absolute atomic E-state index is 13.9. The summed E-state index contributed by atoms with van der Waals surface area (Å²) in [7, 11) is 1.31. The lowest BCUT2D eigenvalue weighted by Crippen LogP contribution is -2.32. The molecule has 2 atom stereocenters. The van der Waals surface area contributed by atoms with Crippen LogP contribution in [0.25, 0.3) is 0 Å². The van der Waals surface area contributed by atoms with E-state index in [2.05, 4.69) is 6.92 Å². The lowest BCUT2D eigenvalue weighted by Gasteiger charge is -2.37. The zero-order chi connectivity index (χ0) is 17.8. The van der Waals surface area contributed by atoms with Crippen LogP contribution in [0.5, 0.6) is 11.5 Å². The van der Waals surface area contributed by atoms with Crippen LogP contribution in [0.2, 0.25) is 0 Å². The Bertz CT molecular complexity index is 562. The molecule has 2 fully saturated rings. The van der Waals surface area contributed by atoms with Gasteiger partial charge in [0.2, 0.25) is 11.6 Å². The van der Waals surface area contributed by atoms with Crippen molar-refractivity contribution in [2.75, 3.05) is 20.3 Å². The smallest absolute Gasteiger partial charge is 0.204 e. The molecule has 3 nitrogen and oxygen atoms in total. The molecule has 25 heavy (non-hydrogen) atoms. The highest BCUT2D eigenvalue weighted by atomic mass is 19.2. The van der Waals surface area contributed by atoms with Crippen LogP contribution in [0.4, 0.5) is 8.78 Å². The van der Waals surface area contributed by atoms with Crippen molar-refractivity contribution in [1.82, 2.24) is 0 Å². The fourth-order valence-corrected chi connectivity index (χ4v) is 4.09. The quantitative estimate of drug-likeness (QED) is 0.747. The van der Waals surface area contributed by atoms with Crippen LogP contribution in [0.15, 0.2) is 12.1 Å². The van der Waals surface area contributed by atoms with Gasteiger partial charge in [-0.1, -0.05) is 0 Å². The average Bonchev–Trinajstić information content (AvgIpc) is 2.64. The second kappa shape index (κ2) is 8.35. The molecule has 0 spiro atoms. The van der Waals surface area contributed by atoms with Crippen LogP contribution >= 0.6 is 0 Å². The highest BCUT2D eigenvalue weighted by molar-refractivity contribution is 5.34. The van der Waals surface area contributed by atoms with E-state index in [1.165, 1.54) is 38.5 Å². The van der Waals surface area contributed by atoms with Crippen molar-refractivity contribution >= 4 is 0 Å². The number of methoxy groups -OCH3 is 1. The van der Waals surface area contributed by atoms with Crippen LogP contribution < -0.4 is 9.47 Å². The van der Waals surface area contributed by atoms with Crippen molar-refractivity contribution in [3.8, 4) is 11.5 Å². The van der Waals surface area contributed by atoms with E-state index in [0.717, 1.165) is 31.8 Å². The van der Waals surface area contributed by atoms with E-state index in [-0.39, 0.29) is 11.5 Å². The molecule has 1 heterocycles. The number of hydrogen-bond acceptors (Lipinski definition) is 3. The minimum Gasteiger partial charge on any atom is -0.494 e. The summed E-state index contributed by atoms with van der Waals surface area (Å²) in [4.78, 5) is 0. The van der Waals surface area contributed by atoms with Gasteiger partial charge in [0.1, 0.15) is 0 Å². The van der Waals surface area contributed by atoms with Crippen LogP contribution in [0, 0.1) is 29.4 Å². The van der Waals surface area contributed by atoms with Gasteiger partial charge in [-0.3, -0.25) is 0 Å². The Balaban J connectivity index is 1.46. The first-order chi connectivity index (χ1) is 12.1. The standard InChI is InChI=1S/C20H28F2O3/c1-13-3-6-16(12-24-13)15-7-4-14(5-8-15)11-25-18-10-9-17(23-2)19(21)20(18)22/h9-10,13-16H,3-8,11-12H2,1-2H3. The minimum absolute atomic E-state index is 0.0323. The Kier molecular flexibility index (Phi) is 6.15. The maximum atomic E-state index is 13.9. The fraction of sp³-hybridized carbons (Fsp3) is 0.700. The summed E-state index contributed by atoms with van der Waals surface area (Å²) in [5.74, 6) is -0.268. The minimum atomic E-state index is -0.991. The van der Waals surface area contributed by atoms with Gasteiger partial charge in [-0.25, -0.2) is 0 Å². The highest BCUT2D eigenvalue weighted by Crippen LogP contribution is 2.38. The average molecular weight is 354 g/mol. The summed E-state index contributed by atoms with van der Waals surface area (Å²) in [6.45, 7) is 3.47. The molecule has 2 unspecified atom stereocenters. The van der Waals surface area contributed by atoms with E-state index in [4.69, 9.17) is 14.2 Å². The van der Waals surface area contributed by atoms with Crippen molar-refractivity contribution in [3.05, 3.63) is 23.8 Å². The summed E-state index contributed by atoms with van der Waals surface area (Å²) in [5.41, 5.74) is 0. The molecule has 1 aromatic rings. The monoisotopic (exact) mass is 354 g/mol. The van der Waals surface area contributed by atoms with E-state index in [9.17, 15) is 8.78 Å². The lowest BCUT2D eigenvalue weighted by molar-refractivity contribution is -0.0306. The van der Waals surface area contributed by atoms with E-state index in [1.54, 1.807) is 0 Å². The van der Waals surface area contributed by atoms with Crippen molar-refractivity contribution in [2.24, 2.45) is 17.8 Å². The second-order valence-corrected chi connectivity index (χ2v) is 7.47. The number of halogens is 2. The number of benzene rings is 1. The number of hydrogen-bond donors (Lipinski definition) is 0. The van der Waals surface area contributed by atoms with E-state index in [0.29, 0.717) is 24.5 Å². The van der Waals surface area contributed by atoms with Crippen LogP contribution in [0.1, 0.15) is 45.4 Å². The Labute approximate surface area is 148 Å². The van der Waals surface area contributed by atoms with Crippen molar-refractivity contribution in [1.29, 1.82) is 0 Å². The first kappa shape index (κ1) is 18.4. The molecule has 0 amide bonds. The Hall–Kier alpha value is -1.36. The van der Waals surface area contributed by atoms with Gasteiger partial charge in [0.15, 0.2) is 11.5 Å². The molecule has 1 aliphatic heterocycles. The molecule has 1 aliphatic carbocycles. The fourth-order valence-electron chi connectivity index (χ4n) is 4.09. The SMILES string of the molecule is COc1ccc(OCC2CCC(C3CCC(C)OC3)CC2)c(F)c1F. The van der Waals surface area contributed by atoms with Gasteiger partial charge in [0, 0.05) is 0 Å². The molecule has 1 saturated heterocycles. The Morgan fingerprint density at radius 1 is 0.960 bits per heavy atom. The van der Waals surface area contributed by atoms with Gasteiger partial charge in [-0.15, -0.1) is 0 Å². The third-order valence-corrected chi connectivity index (χ3v) is 5.80. The summed E-state index contributed by atoms with van der Waals surface area (Å²) in [6, 6.07) is 2.83. The molecule has 2 aliphatic rings. The van der Waals surface area contributed by atoms with E-state index < -0.39 is 11.6 Å². The molecule has 0 aromatic heterocycles. The zero-order valence-corrected chi connectivity index (χ0v) is 15.1. The van der Waals surface area contributed by atoms with Gasteiger partial charge in [-0.2, -0.15) is 8.78 Å². The van der Waals surface area contributed by atoms with Crippen molar-refractivity contribution in [2.45, 2.75) is 51.6 Å². The second-order valence-electron chi connectivity index (χ2n) is 7.47. The molecular weight excluding hydrogens is 326 g/mol. The zero-order valence-electron chi connectivity index (χ0n) is 15.1. The van der Waals surface area contributed by atoms with Gasteiger partial charge in [-0.05, 0) is 75.3 Å². The number of rotatable bonds is 5. The first-order valence-electron chi connectivity index (χ1n) is 9.34. The summed E-state index contributed by atoms with van der Waals surface area (Å²) >= 11 is 0. The largest absolute Gasteiger partial charge is 0.494 e.